The van der Waals surface area contributed by atoms with Crippen molar-refractivity contribution in [1.82, 2.24) is 0 Å². The van der Waals surface area contributed by atoms with Gasteiger partial charge in [-0.2, -0.15) is 0 Å². The van der Waals surface area contributed by atoms with E-state index in [1.54, 1.807) is 6.92 Å². The van der Waals surface area contributed by atoms with Crippen molar-refractivity contribution >= 4 is 24.1 Å². The standard InChI is InChI=1S/C7H7NO3.C2H6O.ClH/c8-6-2-1-4(9)3-5(6)7(10)11;1-2-3;/h1-3,9H,8H2,(H,10,11);3H,2H2,1H3;1H. The van der Waals surface area contributed by atoms with Crippen LogP contribution in [0.5, 0.6) is 5.75 Å². The van der Waals surface area contributed by atoms with Gasteiger partial charge in [0.25, 0.3) is 0 Å². The van der Waals surface area contributed by atoms with Crippen LogP contribution in [0, 0.1) is 0 Å². The van der Waals surface area contributed by atoms with Crippen LogP contribution in [-0.2, 0) is 0 Å². The molecule has 5 N–H and O–H groups in total. The Labute approximate surface area is 93.6 Å². The van der Waals surface area contributed by atoms with E-state index in [0.717, 1.165) is 6.07 Å². The molecular weight excluding hydrogens is 222 g/mol. The lowest BCUT2D eigenvalue weighted by atomic mass is 10.2. The molecule has 0 bridgehead atoms. The van der Waals surface area contributed by atoms with Crippen molar-refractivity contribution in [2.75, 3.05) is 12.3 Å². The van der Waals surface area contributed by atoms with Gasteiger partial charge in [-0.25, -0.2) is 4.79 Å². The molecule has 15 heavy (non-hydrogen) atoms. The van der Waals surface area contributed by atoms with Crippen LogP contribution < -0.4 is 5.73 Å². The predicted octanol–water partition coefficient (Wildman–Crippen LogP) is 1.09. The number of carboxylic acids is 1. The quantitative estimate of drug-likeness (QED) is 0.431. The number of nitrogen functional groups attached to an aromatic ring is 1. The van der Waals surface area contributed by atoms with E-state index >= 15 is 0 Å². The number of aromatic carboxylic acids is 1. The molecule has 1 aromatic rings. The van der Waals surface area contributed by atoms with E-state index in [1.807, 2.05) is 0 Å². The minimum absolute atomic E-state index is 0. The molecule has 0 saturated heterocycles. The molecule has 0 aromatic heterocycles. The smallest absolute Gasteiger partial charge is 0.337 e. The number of phenolic OH excluding ortho intramolecular Hbond substituents is 1. The van der Waals surface area contributed by atoms with Crippen LogP contribution in [0.25, 0.3) is 0 Å². The Morgan fingerprint density at radius 1 is 1.47 bits per heavy atom. The lowest BCUT2D eigenvalue weighted by molar-refractivity contribution is 0.0697. The number of phenols is 1. The van der Waals surface area contributed by atoms with Crippen LogP contribution >= 0.6 is 12.4 Å². The van der Waals surface area contributed by atoms with Gasteiger partial charge in [0.15, 0.2) is 0 Å². The number of hydrogen-bond donors (Lipinski definition) is 4. The lowest BCUT2D eigenvalue weighted by Gasteiger charge is -1.99. The number of rotatable bonds is 1. The van der Waals surface area contributed by atoms with E-state index in [0.29, 0.717) is 0 Å². The first kappa shape index (κ1) is 16.0. The zero-order valence-electron chi connectivity index (χ0n) is 8.17. The fourth-order valence-electron chi connectivity index (χ4n) is 0.729. The summed E-state index contributed by atoms with van der Waals surface area (Å²) in [4.78, 5) is 10.4. The van der Waals surface area contributed by atoms with Crippen molar-refractivity contribution in [1.29, 1.82) is 0 Å². The minimum Gasteiger partial charge on any atom is -0.508 e. The average Bonchev–Trinajstić information content (AvgIpc) is 2.10. The highest BCUT2D eigenvalue weighted by Crippen LogP contribution is 2.17. The Morgan fingerprint density at radius 2 is 1.93 bits per heavy atom. The van der Waals surface area contributed by atoms with E-state index in [-0.39, 0.29) is 36.0 Å². The molecule has 86 valence electrons. The highest BCUT2D eigenvalue weighted by Gasteiger charge is 2.07. The van der Waals surface area contributed by atoms with Gasteiger partial charge >= 0.3 is 5.97 Å². The van der Waals surface area contributed by atoms with Gasteiger partial charge in [0.05, 0.1) is 5.56 Å². The first-order valence-corrected chi connectivity index (χ1v) is 3.95. The minimum atomic E-state index is -1.14. The van der Waals surface area contributed by atoms with Crippen LogP contribution in [0.4, 0.5) is 5.69 Å². The van der Waals surface area contributed by atoms with Crippen molar-refractivity contribution in [2.24, 2.45) is 0 Å². The molecule has 6 heteroatoms. The van der Waals surface area contributed by atoms with Crippen LogP contribution in [0.2, 0.25) is 0 Å². The Bertz CT molecular complexity index is 317. The predicted molar refractivity (Wildman–Crippen MR) is 59.5 cm³/mol. The molecule has 0 unspecified atom stereocenters. The molecule has 0 heterocycles. The Hall–Kier alpha value is -1.46. The Morgan fingerprint density at radius 3 is 2.27 bits per heavy atom. The number of nitrogens with two attached hydrogens (primary N) is 1. The molecule has 0 atom stereocenters. The van der Waals surface area contributed by atoms with Crippen LogP contribution in [0.15, 0.2) is 18.2 Å². The summed E-state index contributed by atoms with van der Waals surface area (Å²) in [6, 6.07) is 3.79. The van der Waals surface area contributed by atoms with Gasteiger partial charge in [0, 0.05) is 12.3 Å². The van der Waals surface area contributed by atoms with Crippen molar-refractivity contribution < 1.29 is 20.1 Å². The number of benzene rings is 1. The zero-order chi connectivity index (χ0) is 11.1. The van der Waals surface area contributed by atoms with Gasteiger partial charge in [-0.05, 0) is 25.1 Å². The van der Waals surface area contributed by atoms with Crippen molar-refractivity contribution in [3.63, 3.8) is 0 Å². The summed E-state index contributed by atoms with van der Waals surface area (Å²) in [6.07, 6.45) is 0. The number of carbonyl (C=O) groups is 1. The second-order valence-electron chi connectivity index (χ2n) is 2.39. The zero-order valence-corrected chi connectivity index (χ0v) is 8.99. The molecule has 0 aliphatic heterocycles. The van der Waals surface area contributed by atoms with Crippen molar-refractivity contribution in [3.05, 3.63) is 23.8 Å². The maximum atomic E-state index is 10.4. The third-order valence-electron chi connectivity index (χ3n) is 1.27. The van der Waals surface area contributed by atoms with Gasteiger partial charge < -0.3 is 21.1 Å². The topological polar surface area (TPSA) is 104 Å². The summed E-state index contributed by atoms with van der Waals surface area (Å²) in [5.74, 6) is -1.24. The molecule has 5 nitrogen and oxygen atoms in total. The third-order valence-corrected chi connectivity index (χ3v) is 1.27. The number of aromatic hydroxyl groups is 1. The summed E-state index contributed by atoms with van der Waals surface area (Å²) in [5.41, 5.74) is 5.37. The lowest BCUT2D eigenvalue weighted by Crippen LogP contribution is -2.01. The molecule has 1 aromatic carbocycles. The van der Waals surface area contributed by atoms with Gasteiger partial charge in [0.1, 0.15) is 5.75 Å². The molecule has 0 aliphatic rings. The van der Waals surface area contributed by atoms with Crippen LogP contribution in [0.1, 0.15) is 17.3 Å². The number of aliphatic hydroxyl groups is 1. The van der Waals surface area contributed by atoms with E-state index in [9.17, 15) is 4.79 Å². The van der Waals surface area contributed by atoms with Crippen LogP contribution in [0.3, 0.4) is 0 Å². The van der Waals surface area contributed by atoms with E-state index < -0.39 is 5.97 Å². The second kappa shape index (κ2) is 7.90. The largest absolute Gasteiger partial charge is 0.508 e. The molecule has 0 amide bonds. The summed E-state index contributed by atoms with van der Waals surface area (Å²) in [6.45, 7) is 1.93. The summed E-state index contributed by atoms with van der Waals surface area (Å²) >= 11 is 0. The van der Waals surface area contributed by atoms with Gasteiger partial charge in [-0.3, -0.25) is 0 Å². The SMILES string of the molecule is CCO.Cl.Nc1ccc(O)cc1C(=O)O. The highest BCUT2D eigenvalue weighted by atomic mass is 35.5. The van der Waals surface area contributed by atoms with Gasteiger partial charge in [0.2, 0.25) is 0 Å². The second-order valence-corrected chi connectivity index (χ2v) is 2.39. The van der Waals surface area contributed by atoms with E-state index in [2.05, 4.69) is 0 Å². The molecule has 0 radical (unpaired) electrons. The Balaban J connectivity index is 0. The fourth-order valence-corrected chi connectivity index (χ4v) is 0.729. The molecule has 0 aliphatic carbocycles. The summed E-state index contributed by atoms with van der Waals surface area (Å²) in [5, 5.41) is 24.9. The molecule has 1 rings (SSSR count). The third kappa shape index (κ3) is 5.77. The number of aliphatic hydroxyl groups excluding tert-OH is 1. The first-order chi connectivity index (χ1) is 6.52. The Kier molecular flexibility index (Phi) is 8.42. The maximum absolute atomic E-state index is 10.4. The van der Waals surface area contributed by atoms with Crippen LogP contribution in [-0.4, -0.2) is 27.9 Å². The molecule has 0 fully saturated rings. The molecule has 0 saturated carbocycles. The molecule has 0 spiro atoms. The number of anilines is 1. The summed E-state index contributed by atoms with van der Waals surface area (Å²) in [7, 11) is 0. The first-order valence-electron chi connectivity index (χ1n) is 3.95. The highest BCUT2D eigenvalue weighted by molar-refractivity contribution is 5.94. The normalized spacial score (nSPS) is 8.13. The van der Waals surface area contributed by atoms with E-state index in [4.69, 9.17) is 21.1 Å². The maximum Gasteiger partial charge on any atom is 0.337 e. The monoisotopic (exact) mass is 235 g/mol. The average molecular weight is 236 g/mol. The molecular formula is C9H14ClNO4. The number of hydrogen-bond acceptors (Lipinski definition) is 4. The number of halogens is 1. The van der Waals surface area contributed by atoms with Crippen molar-refractivity contribution in [2.45, 2.75) is 6.92 Å². The number of carboxylic acid groups (broad SMARTS) is 1. The summed E-state index contributed by atoms with van der Waals surface area (Å²) < 4.78 is 0. The van der Waals surface area contributed by atoms with E-state index in [1.165, 1.54) is 12.1 Å². The van der Waals surface area contributed by atoms with Crippen molar-refractivity contribution in [3.8, 4) is 5.75 Å². The van der Waals surface area contributed by atoms with Gasteiger partial charge in [-0.15, -0.1) is 12.4 Å². The fraction of sp³-hybridized carbons (Fsp3) is 0.222. The van der Waals surface area contributed by atoms with Gasteiger partial charge in [-0.1, -0.05) is 0 Å².